The summed E-state index contributed by atoms with van der Waals surface area (Å²) >= 11 is 1.44. The maximum absolute atomic E-state index is 13.5. The number of carbonyl (C=O) groups excluding carboxylic acids is 3. The van der Waals surface area contributed by atoms with E-state index in [0.717, 1.165) is 18.2 Å². The van der Waals surface area contributed by atoms with Crippen LogP contribution in [0, 0.1) is 15.9 Å². The van der Waals surface area contributed by atoms with Crippen molar-refractivity contribution in [3.8, 4) is 17.2 Å². The lowest BCUT2D eigenvalue weighted by atomic mass is 10.1. The van der Waals surface area contributed by atoms with E-state index in [0.29, 0.717) is 5.75 Å². The van der Waals surface area contributed by atoms with Gasteiger partial charge in [0.1, 0.15) is 6.04 Å². The highest BCUT2D eigenvalue weighted by molar-refractivity contribution is 7.98. The van der Waals surface area contributed by atoms with Crippen LogP contribution in [0.4, 0.5) is 15.8 Å². The van der Waals surface area contributed by atoms with Gasteiger partial charge in [0, 0.05) is 17.3 Å². The zero-order valence-electron chi connectivity index (χ0n) is 20.5. The summed E-state index contributed by atoms with van der Waals surface area (Å²) in [5.41, 5.74) is -0.739. The molecule has 2 aromatic carbocycles. The van der Waals surface area contributed by atoms with Crippen molar-refractivity contribution in [2.24, 2.45) is 0 Å². The number of benzene rings is 2. The molecule has 0 unspecified atom stereocenters. The number of rotatable bonds is 13. The van der Waals surface area contributed by atoms with Crippen molar-refractivity contribution in [3.63, 3.8) is 0 Å². The number of nitro benzene ring substituents is 1. The number of methoxy groups -OCH3 is 3. The molecule has 0 saturated carbocycles. The molecule has 0 fully saturated rings. The third kappa shape index (κ3) is 7.96. The van der Waals surface area contributed by atoms with E-state index in [1.165, 1.54) is 45.2 Å². The maximum Gasteiger partial charge on any atom is 0.329 e. The van der Waals surface area contributed by atoms with E-state index >= 15 is 0 Å². The summed E-state index contributed by atoms with van der Waals surface area (Å²) < 4.78 is 34.2. The first-order valence-electron chi connectivity index (χ1n) is 10.6. The van der Waals surface area contributed by atoms with Gasteiger partial charge in [0.15, 0.2) is 18.1 Å². The number of halogens is 1. The predicted octanol–water partition coefficient (Wildman–Crippen LogP) is 2.79. The highest BCUT2D eigenvalue weighted by Gasteiger charge is 2.25. The van der Waals surface area contributed by atoms with E-state index < -0.39 is 46.9 Å². The number of nitrogens with zero attached hydrogens (tertiary/aromatic N) is 1. The largest absolute Gasteiger partial charge is 0.493 e. The fourth-order valence-electron chi connectivity index (χ4n) is 3.10. The molecule has 0 aliphatic heterocycles. The van der Waals surface area contributed by atoms with Gasteiger partial charge in [-0.25, -0.2) is 4.79 Å². The van der Waals surface area contributed by atoms with Crippen LogP contribution in [0.15, 0.2) is 30.3 Å². The molecule has 0 aliphatic carbocycles. The number of amides is 2. The third-order valence-electron chi connectivity index (χ3n) is 4.90. The van der Waals surface area contributed by atoms with E-state index in [9.17, 15) is 28.9 Å². The average Bonchev–Trinajstić information content (AvgIpc) is 2.89. The van der Waals surface area contributed by atoms with Crippen molar-refractivity contribution < 1.29 is 42.6 Å². The Morgan fingerprint density at radius 1 is 1.08 bits per heavy atom. The smallest absolute Gasteiger partial charge is 0.329 e. The lowest BCUT2D eigenvalue weighted by molar-refractivity contribution is -0.387. The van der Waals surface area contributed by atoms with Crippen LogP contribution in [-0.2, 0) is 14.3 Å². The number of nitrogens with one attached hydrogen (secondary N) is 2. The Morgan fingerprint density at radius 2 is 1.73 bits per heavy atom. The summed E-state index contributed by atoms with van der Waals surface area (Å²) in [5, 5.41) is 15.7. The summed E-state index contributed by atoms with van der Waals surface area (Å²) in [4.78, 5) is 47.7. The van der Waals surface area contributed by atoms with Crippen molar-refractivity contribution >= 4 is 40.9 Å². The number of ether oxygens (including phenoxy) is 4. The summed E-state index contributed by atoms with van der Waals surface area (Å²) in [6, 6.07) is 4.55. The normalized spacial score (nSPS) is 11.2. The molecule has 0 radical (unpaired) electrons. The zero-order chi connectivity index (χ0) is 27.5. The summed E-state index contributed by atoms with van der Waals surface area (Å²) in [6.07, 6.45) is 2.03. The Balaban J connectivity index is 2.09. The molecule has 0 saturated heterocycles. The van der Waals surface area contributed by atoms with Crippen LogP contribution in [0.5, 0.6) is 17.2 Å². The standard InChI is InChI=1S/C23H26FN3O9S/c1-33-18-9-13(10-19(34-2)21(18)35-3)22(29)26-16(7-8-37-4)23(30)36-12-20(28)25-14-5-6-15(24)17(11-14)27(31)32/h5-6,9-11,16H,7-8,12H2,1-4H3,(H,25,28)(H,26,29)/t16-/m0/s1. The van der Waals surface area contributed by atoms with E-state index in [1.807, 2.05) is 6.26 Å². The minimum Gasteiger partial charge on any atom is -0.493 e. The summed E-state index contributed by atoms with van der Waals surface area (Å²) in [7, 11) is 4.21. The zero-order valence-corrected chi connectivity index (χ0v) is 21.3. The van der Waals surface area contributed by atoms with Gasteiger partial charge in [-0.3, -0.25) is 19.7 Å². The molecule has 0 spiro atoms. The van der Waals surface area contributed by atoms with E-state index in [1.54, 1.807) is 0 Å². The second kappa shape index (κ2) is 13.9. The second-order valence-electron chi connectivity index (χ2n) is 7.30. The van der Waals surface area contributed by atoms with Gasteiger partial charge in [-0.05, 0) is 42.7 Å². The minimum absolute atomic E-state index is 0.0521. The Hall–Kier alpha value is -4.07. The van der Waals surface area contributed by atoms with Gasteiger partial charge < -0.3 is 29.6 Å². The molecular weight excluding hydrogens is 513 g/mol. The van der Waals surface area contributed by atoms with Crippen LogP contribution < -0.4 is 24.8 Å². The number of hydrogen-bond donors (Lipinski definition) is 2. The SMILES string of the molecule is COc1cc(C(=O)N[C@@H](CCSC)C(=O)OCC(=O)Nc2ccc(F)c([N+](=O)[O-])c2)cc(OC)c1OC. The number of thioether (sulfide) groups is 1. The summed E-state index contributed by atoms with van der Waals surface area (Å²) in [6.45, 7) is -0.736. The average molecular weight is 540 g/mol. The monoisotopic (exact) mass is 539 g/mol. The molecule has 2 N–H and O–H groups in total. The van der Waals surface area contributed by atoms with Crippen molar-refractivity contribution in [1.29, 1.82) is 0 Å². The van der Waals surface area contributed by atoms with Gasteiger partial charge in [0.05, 0.1) is 26.3 Å². The number of carbonyl (C=O) groups is 3. The molecule has 0 aromatic heterocycles. The number of anilines is 1. The van der Waals surface area contributed by atoms with Crippen molar-refractivity contribution in [2.75, 3.05) is 45.3 Å². The Labute approximate surface area is 215 Å². The van der Waals surface area contributed by atoms with Gasteiger partial charge in [-0.15, -0.1) is 0 Å². The van der Waals surface area contributed by atoms with Gasteiger partial charge >= 0.3 is 11.7 Å². The predicted molar refractivity (Wildman–Crippen MR) is 133 cm³/mol. The quantitative estimate of drug-likeness (QED) is 0.220. The molecule has 200 valence electrons. The van der Waals surface area contributed by atoms with Crippen LogP contribution in [0.25, 0.3) is 0 Å². The van der Waals surface area contributed by atoms with Gasteiger partial charge in [-0.2, -0.15) is 16.2 Å². The number of esters is 1. The topological polar surface area (TPSA) is 155 Å². The van der Waals surface area contributed by atoms with E-state index in [2.05, 4.69) is 10.6 Å². The Kier molecular flexibility index (Phi) is 10.9. The van der Waals surface area contributed by atoms with E-state index in [-0.39, 0.29) is 34.9 Å². The molecule has 37 heavy (non-hydrogen) atoms. The minimum atomic E-state index is -1.08. The fraction of sp³-hybridized carbons (Fsp3) is 0.348. The lowest BCUT2D eigenvalue weighted by Gasteiger charge is -2.18. The Bertz CT molecular complexity index is 1140. The molecule has 12 nitrogen and oxygen atoms in total. The molecule has 2 amide bonds. The van der Waals surface area contributed by atoms with Crippen LogP contribution in [0.3, 0.4) is 0 Å². The first kappa shape index (κ1) is 29.2. The molecule has 2 rings (SSSR count). The van der Waals surface area contributed by atoms with Gasteiger partial charge in [-0.1, -0.05) is 0 Å². The highest BCUT2D eigenvalue weighted by atomic mass is 32.2. The van der Waals surface area contributed by atoms with Crippen LogP contribution in [-0.4, -0.2) is 68.7 Å². The maximum atomic E-state index is 13.5. The first-order chi connectivity index (χ1) is 17.6. The van der Waals surface area contributed by atoms with Crippen molar-refractivity contribution in [1.82, 2.24) is 5.32 Å². The molecule has 0 aliphatic rings. The van der Waals surface area contributed by atoms with E-state index in [4.69, 9.17) is 18.9 Å². The molecule has 14 heteroatoms. The third-order valence-corrected chi connectivity index (χ3v) is 5.54. The second-order valence-corrected chi connectivity index (χ2v) is 8.29. The highest BCUT2D eigenvalue weighted by Crippen LogP contribution is 2.38. The molecule has 0 heterocycles. The van der Waals surface area contributed by atoms with Crippen LogP contribution in [0.2, 0.25) is 0 Å². The first-order valence-corrected chi connectivity index (χ1v) is 12.0. The fourth-order valence-corrected chi connectivity index (χ4v) is 3.57. The summed E-state index contributed by atoms with van der Waals surface area (Å²) in [5.74, 6) is -2.08. The van der Waals surface area contributed by atoms with Crippen LogP contribution in [0.1, 0.15) is 16.8 Å². The molecule has 1 atom stereocenters. The van der Waals surface area contributed by atoms with Crippen LogP contribution >= 0.6 is 11.8 Å². The molecule has 0 bridgehead atoms. The number of nitro groups is 1. The molecule has 2 aromatic rings. The lowest BCUT2D eigenvalue weighted by Crippen LogP contribution is -2.43. The van der Waals surface area contributed by atoms with Crippen molar-refractivity contribution in [2.45, 2.75) is 12.5 Å². The van der Waals surface area contributed by atoms with Crippen molar-refractivity contribution in [3.05, 3.63) is 51.8 Å². The Morgan fingerprint density at radius 3 is 2.27 bits per heavy atom. The van der Waals surface area contributed by atoms with Gasteiger partial charge in [0.2, 0.25) is 11.6 Å². The van der Waals surface area contributed by atoms with Gasteiger partial charge in [0.25, 0.3) is 11.8 Å². The number of hydrogen-bond acceptors (Lipinski definition) is 10. The molecular formula is C23H26FN3O9S.